The fourth-order valence-corrected chi connectivity index (χ4v) is 1.89. The molecule has 0 spiro atoms. The van der Waals surface area contributed by atoms with Gasteiger partial charge in [-0.3, -0.25) is 9.78 Å². The fourth-order valence-electron chi connectivity index (χ4n) is 1.89. The molecule has 3 N–H and O–H groups in total. The van der Waals surface area contributed by atoms with Crippen molar-refractivity contribution in [3.8, 4) is 11.3 Å². The lowest BCUT2D eigenvalue weighted by Crippen LogP contribution is -2.23. The van der Waals surface area contributed by atoms with E-state index in [-0.39, 0.29) is 11.6 Å². The standard InChI is InChI=1S/C14H12N4O3/c19-13(11-8-17-14(20)18-11)16-6-9-4-10(7-15-5-9)12-2-1-3-21-12/h1-5,7-8H,6H2,(H,16,19)(H2,17,18,20). The monoisotopic (exact) mass is 284 g/mol. The molecule has 0 aliphatic heterocycles. The third kappa shape index (κ3) is 2.92. The number of carbonyl (C=O) groups is 1. The number of nitrogens with one attached hydrogen (secondary N) is 3. The van der Waals surface area contributed by atoms with Crippen LogP contribution in [0.25, 0.3) is 11.3 Å². The van der Waals surface area contributed by atoms with Crippen LogP contribution in [0.15, 0.2) is 52.3 Å². The fraction of sp³-hybridized carbons (Fsp3) is 0.0714. The second-order valence-electron chi connectivity index (χ2n) is 4.40. The second kappa shape index (κ2) is 5.49. The number of aromatic nitrogens is 3. The average molecular weight is 284 g/mol. The number of pyridine rings is 1. The largest absolute Gasteiger partial charge is 0.464 e. The van der Waals surface area contributed by atoms with Crippen LogP contribution >= 0.6 is 0 Å². The molecule has 3 heterocycles. The van der Waals surface area contributed by atoms with E-state index in [9.17, 15) is 9.59 Å². The molecule has 0 fully saturated rings. The predicted octanol–water partition coefficient (Wildman–Crippen LogP) is 1.29. The molecule has 0 aromatic carbocycles. The van der Waals surface area contributed by atoms with E-state index in [0.29, 0.717) is 12.3 Å². The van der Waals surface area contributed by atoms with Crippen LogP contribution in [-0.2, 0) is 6.54 Å². The van der Waals surface area contributed by atoms with Gasteiger partial charge in [-0.2, -0.15) is 0 Å². The third-order valence-corrected chi connectivity index (χ3v) is 2.89. The molecule has 0 saturated heterocycles. The van der Waals surface area contributed by atoms with Crippen LogP contribution in [0.2, 0.25) is 0 Å². The van der Waals surface area contributed by atoms with Crippen molar-refractivity contribution in [2.24, 2.45) is 0 Å². The van der Waals surface area contributed by atoms with E-state index in [2.05, 4.69) is 20.3 Å². The van der Waals surface area contributed by atoms with Crippen LogP contribution < -0.4 is 11.0 Å². The normalized spacial score (nSPS) is 10.5. The van der Waals surface area contributed by atoms with Crippen molar-refractivity contribution in [3.63, 3.8) is 0 Å². The van der Waals surface area contributed by atoms with E-state index in [4.69, 9.17) is 4.42 Å². The summed E-state index contributed by atoms with van der Waals surface area (Å²) in [5.74, 6) is 0.349. The minimum atomic E-state index is -0.415. The van der Waals surface area contributed by atoms with E-state index >= 15 is 0 Å². The number of hydrogen-bond donors (Lipinski definition) is 3. The Morgan fingerprint density at radius 3 is 3.00 bits per heavy atom. The van der Waals surface area contributed by atoms with Crippen molar-refractivity contribution in [1.29, 1.82) is 0 Å². The van der Waals surface area contributed by atoms with Gasteiger partial charge in [0.2, 0.25) is 0 Å². The molecule has 21 heavy (non-hydrogen) atoms. The van der Waals surface area contributed by atoms with E-state index in [1.54, 1.807) is 24.7 Å². The Morgan fingerprint density at radius 2 is 2.29 bits per heavy atom. The van der Waals surface area contributed by atoms with Crippen molar-refractivity contribution in [1.82, 2.24) is 20.3 Å². The first-order valence-electron chi connectivity index (χ1n) is 6.26. The molecule has 3 aromatic heterocycles. The highest BCUT2D eigenvalue weighted by molar-refractivity contribution is 5.91. The molecule has 0 unspecified atom stereocenters. The maximum absolute atomic E-state index is 11.8. The number of hydrogen-bond acceptors (Lipinski definition) is 4. The van der Waals surface area contributed by atoms with Crippen molar-refractivity contribution in [2.45, 2.75) is 6.54 Å². The maximum atomic E-state index is 11.8. The predicted molar refractivity (Wildman–Crippen MR) is 74.5 cm³/mol. The summed E-state index contributed by atoms with van der Waals surface area (Å²) in [5.41, 5.74) is 1.44. The van der Waals surface area contributed by atoms with Crippen molar-refractivity contribution in [2.75, 3.05) is 0 Å². The molecule has 1 amide bonds. The first-order chi connectivity index (χ1) is 10.2. The zero-order chi connectivity index (χ0) is 14.7. The first kappa shape index (κ1) is 12.9. The quantitative estimate of drug-likeness (QED) is 0.671. The number of amides is 1. The molecule has 0 aliphatic rings. The van der Waals surface area contributed by atoms with Gasteiger partial charge in [0.25, 0.3) is 5.91 Å². The van der Waals surface area contributed by atoms with Crippen LogP contribution in [0.1, 0.15) is 16.1 Å². The van der Waals surface area contributed by atoms with Gasteiger partial charge in [-0.15, -0.1) is 0 Å². The first-order valence-corrected chi connectivity index (χ1v) is 6.26. The van der Waals surface area contributed by atoms with Gasteiger partial charge in [-0.25, -0.2) is 4.79 Å². The molecule has 0 saturated carbocycles. The smallest absolute Gasteiger partial charge is 0.323 e. The lowest BCUT2D eigenvalue weighted by molar-refractivity contribution is 0.0946. The van der Waals surface area contributed by atoms with Crippen LogP contribution in [-0.4, -0.2) is 20.9 Å². The summed E-state index contributed by atoms with van der Waals surface area (Å²) in [6.07, 6.45) is 6.27. The SMILES string of the molecule is O=C(NCc1cncc(-c2ccco2)c1)c1c[nH]c(=O)[nH]1. The lowest BCUT2D eigenvalue weighted by Gasteiger charge is -2.04. The molecule has 106 valence electrons. The number of imidazole rings is 1. The highest BCUT2D eigenvalue weighted by Crippen LogP contribution is 2.19. The van der Waals surface area contributed by atoms with Crippen molar-refractivity contribution < 1.29 is 9.21 Å². The van der Waals surface area contributed by atoms with Gasteiger partial charge in [-0.05, 0) is 23.8 Å². The van der Waals surface area contributed by atoms with Crippen LogP contribution in [0.4, 0.5) is 0 Å². The van der Waals surface area contributed by atoms with E-state index in [1.807, 2.05) is 12.1 Å². The topological polar surface area (TPSA) is 104 Å². The van der Waals surface area contributed by atoms with Crippen LogP contribution in [0, 0.1) is 0 Å². The highest BCUT2D eigenvalue weighted by atomic mass is 16.3. The van der Waals surface area contributed by atoms with E-state index in [0.717, 1.165) is 11.1 Å². The summed E-state index contributed by atoms with van der Waals surface area (Å²) in [7, 11) is 0. The number of furan rings is 1. The van der Waals surface area contributed by atoms with Gasteiger partial charge in [0.15, 0.2) is 0 Å². The van der Waals surface area contributed by atoms with Gasteiger partial charge in [0, 0.05) is 30.7 Å². The molecule has 7 heteroatoms. The Labute approximate surface area is 119 Å². The summed E-state index contributed by atoms with van der Waals surface area (Å²) in [4.78, 5) is 31.6. The number of aromatic amines is 2. The van der Waals surface area contributed by atoms with Crippen LogP contribution in [0.5, 0.6) is 0 Å². The molecular formula is C14H12N4O3. The molecule has 0 radical (unpaired) electrons. The third-order valence-electron chi connectivity index (χ3n) is 2.89. The minimum Gasteiger partial charge on any atom is -0.464 e. The van der Waals surface area contributed by atoms with Gasteiger partial charge in [0.05, 0.1) is 6.26 Å². The maximum Gasteiger partial charge on any atom is 0.323 e. The number of H-pyrrole nitrogens is 2. The molecule has 7 nitrogen and oxygen atoms in total. The zero-order valence-electron chi connectivity index (χ0n) is 10.9. The minimum absolute atomic E-state index is 0.190. The number of nitrogens with zero attached hydrogens (tertiary/aromatic N) is 1. The summed E-state index contributed by atoms with van der Waals surface area (Å²) < 4.78 is 5.30. The molecule has 0 atom stereocenters. The summed E-state index contributed by atoms with van der Waals surface area (Å²) in [6, 6.07) is 5.52. The highest BCUT2D eigenvalue weighted by Gasteiger charge is 2.08. The summed E-state index contributed by atoms with van der Waals surface area (Å²) in [6.45, 7) is 0.299. The Bertz CT molecular complexity index is 802. The number of carbonyl (C=O) groups excluding carboxylic acids is 1. The van der Waals surface area contributed by atoms with Gasteiger partial charge < -0.3 is 19.7 Å². The number of rotatable bonds is 4. The Balaban J connectivity index is 1.69. The molecular weight excluding hydrogens is 272 g/mol. The summed E-state index contributed by atoms with van der Waals surface area (Å²) in [5, 5.41) is 2.70. The Morgan fingerprint density at radius 1 is 1.38 bits per heavy atom. The molecule has 3 rings (SSSR count). The Hall–Kier alpha value is -3.09. The summed E-state index contributed by atoms with van der Waals surface area (Å²) >= 11 is 0. The Kier molecular flexibility index (Phi) is 3.38. The van der Waals surface area contributed by atoms with Crippen molar-refractivity contribution >= 4 is 5.91 Å². The molecule has 0 aliphatic carbocycles. The average Bonchev–Trinajstić information content (AvgIpc) is 3.16. The van der Waals surface area contributed by atoms with Crippen molar-refractivity contribution in [3.05, 3.63) is 64.8 Å². The van der Waals surface area contributed by atoms with Gasteiger partial charge >= 0.3 is 5.69 Å². The van der Waals surface area contributed by atoms with Crippen LogP contribution in [0.3, 0.4) is 0 Å². The second-order valence-corrected chi connectivity index (χ2v) is 4.40. The van der Waals surface area contributed by atoms with Gasteiger partial charge in [0.1, 0.15) is 11.5 Å². The zero-order valence-corrected chi connectivity index (χ0v) is 10.9. The van der Waals surface area contributed by atoms with Gasteiger partial charge in [-0.1, -0.05) is 0 Å². The molecule has 3 aromatic rings. The van der Waals surface area contributed by atoms with E-state index in [1.165, 1.54) is 6.20 Å². The lowest BCUT2D eigenvalue weighted by atomic mass is 10.1. The molecule has 0 bridgehead atoms. The van der Waals surface area contributed by atoms with E-state index < -0.39 is 5.69 Å².